The van der Waals surface area contributed by atoms with Crippen LogP contribution in [0.15, 0.2) is 48.5 Å². The van der Waals surface area contributed by atoms with Crippen molar-refractivity contribution >= 4 is 23.0 Å². The van der Waals surface area contributed by atoms with Crippen molar-refractivity contribution in [3.05, 3.63) is 59.9 Å². The zero-order chi connectivity index (χ0) is 15.7. The van der Waals surface area contributed by atoms with E-state index in [9.17, 15) is 9.18 Å². The van der Waals surface area contributed by atoms with Crippen LogP contribution in [0.25, 0.3) is 22.0 Å². The Hall–Kier alpha value is -2.75. The molecule has 0 fully saturated rings. The fourth-order valence-electron chi connectivity index (χ4n) is 2.59. The number of pyridine rings is 1. The molecule has 0 bridgehead atoms. The molecule has 0 aliphatic rings. The Morgan fingerprint density at radius 2 is 1.73 bits per heavy atom. The molecule has 4 heteroatoms. The first-order valence-electron chi connectivity index (χ1n) is 6.93. The van der Waals surface area contributed by atoms with Crippen LogP contribution < -0.4 is 4.90 Å². The highest BCUT2D eigenvalue weighted by Gasteiger charge is 2.17. The first-order valence-corrected chi connectivity index (χ1v) is 6.93. The summed E-state index contributed by atoms with van der Waals surface area (Å²) in [5, 5.41) is 0.877. The number of aldehydes is 1. The summed E-state index contributed by atoms with van der Waals surface area (Å²) < 4.78 is 13.2. The van der Waals surface area contributed by atoms with Crippen molar-refractivity contribution in [2.45, 2.75) is 0 Å². The van der Waals surface area contributed by atoms with E-state index in [0.717, 1.165) is 28.3 Å². The number of carbonyl (C=O) groups is 1. The van der Waals surface area contributed by atoms with Gasteiger partial charge in [0.25, 0.3) is 0 Å². The van der Waals surface area contributed by atoms with E-state index < -0.39 is 0 Å². The summed E-state index contributed by atoms with van der Waals surface area (Å²) >= 11 is 0. The fourth-order valence-corrected chi connectivity index (χ4v) is 2.59. The molecular weight excluding hydrogens is 279 g/mol. The van der Waals surface area contributed by atoms with Gasteiger partial charge in [0.1, 0.15) is 11.6 Å². The Morgan fingerprint density at radius 1 is 1.05 bits per heavy atom. The number of fused-ring (bicyclic) bond motifs is 1. The molecule has 0 radical (unpaired) electrons. The SMILES string of the molecule is CN(C)c1nc2ccccc2c(-c2ccc(F)cc2)c1C=O. The third-order valence-electron chi connectivity index (χ3n) is 3.58. The van der Waals surface area contributed by atoms with Crippen LogP contribution in [0, 0.1) is 5.82 Å². The Bertz CT molecular complexity index is 842. The summed E-state index contributed by atoms with van der Waals surface area (Å²) in [6, 6.07) is 13.8. The Labute approximate surface area is 128 Å². The van der Waals surface area contributed by atoms with Crippen LogP contribution in [-0.4, -0.2) is 25.4 Å². The second-order valence-corrected chi connectivity index (χ2v) is 5.26. The number of hydrogen-bond acceptors (Lipinski definition) is 3. The van der Waals surface area contributed by atoms with Gasteiger partial charge in [-0.25, -0.2) is 9.37 Å². The monoisotopic (exact) mass is 294 g/mol. The molecule has 0 unspecified atom stereocenters. The molecule has 0 saturated heterocycles. The molecule has 3 aromatic rings. The van der Waals surface area contributed by atoms with Gasteiger partial charge in [0.2, 0.25) is 0 Å². The van der Waals surface area contributed by atoms with Gasteiger partial charge >= 0.3 is 0 Å². The van der Waals surface area contributed by atoms with Gasteiger partial charge < -0.3 is 4.90 Å². The number of rotatable bonds is 3. The maximum absolute atomic E-state index is 13.2. The second kappa shape index (κ2) is 5.56. The molecular formula is C18H15FN2O. The molecule has 0 N–H and O–H groups in total. The summed E-state index contributed by atoms with van der Waals surface area (Å²) in [6.45, 7) is 0. The fraction of sp³-hybridized carbons (Fsp3) is 0.111. The van der Waals surface area contributed by atoms with Crippen LogP contribution in [0.4, 0.5) is 10.2 Å². The normalized spacial score (nSPS) is 10.7. The molecule has 22 heavy (non-hydrogen) atoms. The van der Waals surface area contributed by atoms with Gasteiger partial charge in [0.15, 0.2) is 6.29 Å². The molecule has 3 nitrogen and oxygen atoms in total. The van der Waals surface area contributed by atoms with Crippen molar-refractivity contribution < 1.29 is 9.18 Å². The average molecular weight is 294 g/mol. The molecule has 1 aromatic heterocycles. The van der Waals surface area contributed by atoms with Crippen LogP contribution in [0.1, 0.15) is 10.4 Å². The molecule has 0 saturated carbocycles. The third kappa shape index (κ3) is 2.33. The van der Waals surface area contributed by atoms with Crippen molar-refractivity contribution in [3.63, 3.8) is 0 Å². The lowest BCUT2D eigenvalue weighted by atomic mass is 9.96. The number of halogens is 1. The third-order valence-corrected chi connectivity index (χ3v) is 3.58. The Kier molecular flexibility index (Phi) is 3.59. The van der Waals surface area contributed by atoms with E-state index in [1.54, 1.807) is 12.1 Å². The van der Waals surface area contributed by atoms with Crippen molar-refractivity contribution in [3.8, 4) is 11.1 Å². The summed E-state index contributed by atoms with van der Waals surface area (Å²) in [4.78, 5) is 18.1. The van der Waals surface area contributed by atoms with Crippen LogP contribution in [0.3, 0.4) is 0 Å². The van der Waals surface area contributed by atoms with E-state index in [2.05, 4.69) is 4.98 Å². The highest BCUT2D eigenvalue weighted by Crippen LogP contribution is 2.35. The minimum Gasteiger partial charge on any atom is -0.362 e. The first-order chi connectivity index (χ1) is 10.6. The predicted octanol–water partition coefficient (Wildman–Crippen LogP) is 3.92. The van der Waals surface area contributed by atoms with E-state index in [-0.39, 0.29) is 5.82 Å². The standard InChI is InChI=1S/C18H15FN2O/c1-21(2)18-15(11-22)17(12-7-9-13(19)10-8-12)14-5-3-4-6-16(14)20-18/h3-11H,1-2H3. The summed E-state index contributed by atoms with van der Waals surface area (Å²) in [7, 11) is 3.69. The molecule has 0 amide bonds. The molecule has 2 aromatic carbocycles. The number of carbonyl (C=O) groups excluding carboxylic acids is 1. The largest absolute Gasteiger partial charge is 0.362 e. The van der Waals surface area contributed by atoms with Gasteiger partial charge in [-0.05, 0) is 23.8 Å². The second-order valence-electron chi connectivity index (χ2n) is 5.26. The lowest BCUT2D eigenvalue weighted by Gasteiger charge is -2.18. The van der Waals surface area contributed by atoms with Crippen LogP contribution in [0.5, 0.6) is 0 Å². The molecule has 0 aliphatic heterocycles. The van der Waals surface area contributed by atoms with Crippen LogP contribution in [-0.2, 0) is 0 Å². The number of nitrogens with zero attached hydrogens (tertiary/aromatic N) is 2. The smallest absolute Gasteiger partial charge is 0.154 e. The van der Waals surface area contributed by atoms with E-state index in [1.807, 2.05) is 43.3 Å². The molecule has 0 atom stereocenters. The van der Waals surface area contributed by atoms with Gasteiger partial charge in [-0.3, -0.25) is 4.79 Å². The Morgan fingerprint density at radius 3 is 2.36 bits per heavy atom. The lowest BCUT2D eigenvalue weighted by Crippen LogP contribution is -2.14. The maximum atomic E-state index is 13.2. The zero-order valence-electron chi connectivity index (χ0n) is 12.4. The van der Waals surface area contributed by atoms with E-state index in [4.69, 9.17) is 0 Å². The quantitative estimate of drug-likeness (QED) is 0.686. The van der Waals surface area contributed by atoms with E-state index in [1.165, 1.54) is 12.1 Å². The number of anilines is 1. The van der Waals surface area contributed by atoms with Gasteiger partial charge in [-0.15, -0.1) is 0 Å². The van der Waals surface area contributed by atoms with Gasteiger partial charge in [-0.2, -0.15) is 0 Å². The summed E-state index contributed by atoms with van der Waals surface area (Å²) in [6.07, 6.45) is 0.813. The van der Waals surface area contributed by atoms with E-state index in [0.29, 0.717) is 11.4 Å². The maximum Gasteiger partial charge on any atom is 0.154 e. The van der Waals surface area contributed by atoms with Crippen LogP contribution >= 0.6 is 0 Å². The van der Waals surface area contributed by atoms with Crippen molar-refractivity contribution in [2.75, 3.05) is 19.0 Å². The summed E-state index contributed by atoms with van der Waals surface area (Å²) in [5.41, 5.74) is 2.89. The minimum absolute atomic E-state index is 0.303. The van der Waals surface area contributed by atoms with Gasteiger partial charge in [-0.1, -0.05) is 30.3 Å². The first kappa shape index (κ1) is 14.2. The van der Waals surface area contributed by atoms with Gasteiger partial charge in [0.05, 0.1) is 11.1 Å². The van der Waals surface area contributed by atoms with E-state index >= 15 is 0 Å². The Balaban J connectivity index is 2.43. The lowest BCUT2D eigenvalue weighted by molar-refractivity contribution is 0.112. The minimum atomic E-state index is -0.303. The van der Waals surface area contributed by atoms with Gasteiger partial charge in [0, 0.05) is 25.0 Å². The average Bonchev–Trinajstić information content (AvgIpc) is 2.53. The number of para-hydroxylation sites is 1. The summed E-state index contributed by atoms with van der Waals surface area (Å²) in [5.74, 6) is 0.302. The predicted molar refractivity (Wildman–Crippen MR) is 86.9 cm³/mol. The molecule has 3 rings (SSSR count). The molecule has 0 aliphatic carbocycles. The highest BCUT2D eigenvalue weighted by molar-refractivity contribution is 6.06. The number of aromatic nitrogens is 1. The number of hydrogen-bond donors (Lipinski definition) is 0. The molecule has 1 heterocycles. The topological polar surface area (TPSA) is 33.2 Å². The zero-order valence-corrected chi connectivity index (χ0v) is 12.4. The van der Waals surface area contributed by atoms with Crippen molar-refractivity contribution in [2.24, 2.45) is 0 Å². The van der Waals surface area contributed by atoms with Crippen LogP contribution in [0.2, 0.25) is 0 Å². The number of benzene rings is 2. The molecule has 0 spiro atoms. The highest BCUT2D eigenvalue weighted by atomic mass is 19.1. The van der Waals surface area contributed by atoms with Crippen molar-refractivity contribution in [1.29, 1.82) is 0 Å². The molecule has 110 valence electrons. The van der Waals surface area contributed by atoms with Crippen molar-refractivity contribution in [1.82, 2.24) is 4.98 Å².